The van der Waals surface area contributed by atoms with Gasteiger partial charge in [0.1, 0.15) is 35.1 Å². The summed E-state index contributed by atoms with van der Waals surface area (Å²) < 4.78 is 21.0. The van der Waals surface area contributed by atoms with Crippen molar-refractivity contribution in [1.29, 1.82) is 0 Å². The van der Waals surface area contributed by atoms with E-state index < -0.39 is 5.41 Å². The summed E-state index contributed by atoms with van der Waals surface area (Å²) in [7, 11) is 0. The maximum Gasteiger partial charge on any atom is 0.235 e. The normalized spacial score (nSPS) is 14.2. The second kappa shape index (κ2) is 8.36. The smallest absolute Gasteiger partial charge is 0.235 e. The number of amides is 1. The van der Waals surface area contributed by atoms with Crippen molar-refractivity contribution in [2.45, 2.75) is 39.2 Å². The highest BCUT2D eigenvalue weighted by atomic mass is 19.1. The van der Waals surface area contributed by atoms with Crippen LogP contribution in [0.25, 0.3) is 22.9 Å². The Morgan fingerprint density at radius 3 is 2.74 bits per heavy atom. The van der Waals surface area contributed by atoms with E-state index >= 15 is 0 Å². The molecule has 1 aliphatic rings. The van der Waals surface area contributed by atoms with Crippen LogP contribution in [0.15, 0.2) is 47.2 Å². The highest BCUT2D eigenvalue weighted by molar-refractivity contribution is 6.06. The highest BCUT2D eigenvalue weighted by Gasteiger charge is 2.42. The number of carbonyl (C=O) groups excluding carboxylic acids is 1. The molecule has 0 unspecified atom stereocenters. The van der Waals surface area contributed by atoms with Crippen LogP contribution < -0.4 is 10.6 Å². The van der Waals surface area contributed by atoms with Gasteiger partial charge in [0.2, 0.25) is 5.91 Å². The van der Waals surface area contributed by atoms with Crippen molar-refractivity contribution in [3.63, 3.8) is 0 Å². The number of anilines is 2. The molecule has 4 heterocycles. The SMILES string of the molecule is CCCNc1nc(-c2cc(-c3ccon3)n(Cc3ccccc3F)n2)nc2c1C(C)(C)C(=O)N2. The maximum absolute atomic E-state index is 14.4. The number of hydrogen-bond acceptors (Lipinski definition) is 7. The number of halogens is 1. The summed E-state index contributed by atoms with van der Waals surface area (Å²) in [6.07, 6.45) is 2.36. The molecule has 0 radical (unpaired) electrons. The van der Waals surface area contributed by atoms with E-state index in [0.717, 1.165) is 12.0 Å². The minimum absolute atomic E-state index is 0.137. The average molecular weight is 462 g/mol. The Morgan fingerprint density at radius 2 is 2.00 bits per heavy atom. The van der Waals surface area contributed by atoms with Gasteiger partial charge < -0.3 is 15.2 Å². The van der Waals surface area contributed by atoms with Crippen LogP contribution in [-0.2, 0) is 16.8 Å². The molecule has 0 aliphatic carbocycles. The van der Waals surface area contributed by atoms with E-state index in [9.17, 15) is 9.18 Å². The van der Waals surface area contributed by atoms with E-state index in [-0.39, 0.29) is 18.3 Å². The number of carbonyl (C=O) groups is 1. The van der Waals surface area contributed by atoms with Gasteiger partial charge in [-0.05, 0) is 32.4 Å². The molecule has 1 aromatic carbocycles. The molecule has 0 bridgehead atoms. The molecular formula is C24H24FN7O2. The van der Waals surface area contributed by atoms with Gasteiger partial charge in [-0.3, -0.25) is 9.48 Å². The lowest BCUT2D eigenvalue weighted by Gasteiger charge is -2.18. The third-order valence-electron chi connectivity index (χ3n) is 5.86. The third-order valence-corrected chi connectivity index (χ3v) is 5.86. The number of rotatable bonds is 7. The standard InChI is InChI=1S/C24H24FN7O2/c1-4-10-26-21-19-22(29-23(33)24(19,2)3)28-20(27-21)17-12-18(16-9-11-34-31-16)32(30-17)13-14-7-5-6-8-15(14)25/h5-9,11-12H,4,10,13H2,1-3H3,(H2,26,27,28,29,33). The van der Waals surface area contributed by atoms with Crippen LogP contribution in [0.3, 0.4) is 0 Å². The first-order valence-electron chi connectivity index (χ1n) is 11.1. The van der Waals surface area contributed by atoms with Crippen LogP contribution in [0.1, 0.15) is 38.3 Å². The van der Waals surface area contributed by atoms with Gasteiger partial charge in [-0.2, -0.15) is 5.10 Å². The topological polar surface area (TPSA) is 111 Å². The lowest BCUT2D eigenvalue weighted by atomic mass is 9.87. The van der Waals surface area contributed by atoms with Crippen molar-refractivity contribution in [2.75, 3.05) is 17.2 Å². The molecule has 0 spiro atoms. The molecule has 0 fully saturated rings. The van der Waals surface area contributed by atoms with E-state index in [1.165, 1.54) is 12.3 Å². The van der Waals surface area contributed by atoms with Crippen LogP contribution in [0.2, 0.25) is 0 Å². The number of hydrogen-bond donors (Lipinski definition) is 2. The number of aromatic nitrogens is 5. The van der Waals surface area contributed by atoms with Crippen LogP contribution in [0, 0.1) is 5.82 Å². The van der Waals surface area contributed by atoms with Gasteiger partial charge in [0, 0.05) is 18.2 Å². The Hall–Kier alpha value is -4.08. The summed E-state index contributed by atoms with van der Waals surface area (Å²) in [5.41, 5.74) is 2.10. The zero-order valence-corrected chi connectivity index (χ0v) is 19.1. The molecule has 0 saturated carbocycles. The van der Waals surface area contributed by atoms with Crippen molar-refractivity contribution in [1.82, 2.24) is 24.9 Å². The summed E-state index contributed by atoms with van der Waals surface area (Å²) in [6.45, 7) is 6.63. The van der Waals surface area contributed by atoms with Crippen molar-refractivity contribution in [2.24, 2.45) is 0 Å². The average Bonchev–Trinajstić information content (AvgIpc) is 3.53. The Morgan fingerprint density at radius 1 is 1.18 bits per heavy atom. The van der Waals surface area contributed by atoms with Gasteiger partial charge in [0.05, 0.1) is 23.2 Å². The second-order valence-corrected chi connectivity index (χ2v) is 8.67. The monoisotopic (exact) mass is 461 g/mol. The van der Waals surface area contributed by atoms with Gasteiger partial charge in [0.25, 0.3) is 0 Å². The predicted octanol–water partition coefficient (Wildman–Crippen LogP) is 4.23. The molecule has 9 nitrogen and oxygen atoms in total. The maximum atomic E-state index is 14.4. The Kier molecular flexibility index (Phi) is 5.35. The summed E-state index contributed by atoms with van der Waals surface area (Å²) in [5.74, 6) is 0.937. The van der Waals surface area contributed by atoms with Crippen LogP contribution in [0.4, 0.5) is 16.0 Å². The Bertz CT molecular complexity index is 1360. The lowest BCUT2D eigenvalue weighted by Crippen LogP contribution is -2.28. The fraction of sp³-hybridized carbons (Fsp3) is 0.292. The van der Waals surface area contributed by atoms with Crippen molar-refractivity contribution in [3.8, 4) is 22.9 Å². The first-order valence-corrected chi connectivity index (χ1v) is 11.1. The molecule has 174 valence electrons. The molecule has 1 amide bonds. The zero-order valence-electron chi connectivity index (χ0n) is 19.1. The Labute approximate surface area is 195 Å². The molecule has 34 heavy (non-hydrogen) atoms. The van der Waals surface area contributed by atoms with Gasteiger partial charge in [0.15, 0.2) is 5.82 Å². The van der Waals surface area contributed by atoms with Crippen molar-refractivity contribution >= 4 is 17.5 Å². The van der Waals surface area contributed by atoms with Gasteiger partial charge >= 0.3 is 0 Å². The minimum atomic E-state index is -0.764. The lowest BCUT2D eigenvalue weighted by molar-refractivity contribution is -0.119. The molecule has 1 aliphatic heterocycles. The van der Waals surface area contributed by atoms with Crippen LogP contribution in [0.5, 0.6) is 0 Å². The first-order chi connectivity index (χ1) is 16.4. The number of fused-ring (bicyclic) bond motifs is 1. The van der Waals surface area contributed by atoms with E-state index in [1.54, 1.807) is 35.0 Å². The van der Waals surface area contributed by atoms with E-state index in [2.05, 4.69) is 32.8 Å². The van der Waals surface area contributed by atoms with E-state index in [4.69, 9.17) is 9.51 Å². The van der Waals surface area contributed by atoms with Crippen molar-refractivity contribution in [3.05, 3.63) is 59.6 Å². The van der Waals surface area contributed by atoms with Crippen molar-refractivity contribution < 1.29 is 13.7 Å². The molecule has 5 rings (SSSR count). The molecule has 0 saturated heterocycles. The van der Waals surface area contributed by atoms with Gasteiger partial charge in [-0.1, -0.05) is 30.3 Å². The number of nitrogens with one attached hydrogen (secondary N) is 2. The molecule has 10 heteroatoms. The Balaban J connectivity index is 1.62. The predicted molar refractivity (Wildman–Crippen MR) is 125 cm³/mol. The first kappa shape index (κ1) is 21.7. The van der Waals surface area contributed by atoms with E-state index in [0.29, 0.717) is 46.7 Å². The number of benzene rings is 1. The number of nitrogens with zero attached hydrogens (tertiary/aromatic N) is 5. The summed E-state index contributed by atoms with van der Waals surface area (Å²) in [5, 5.41) is 14.9. The quantitative estimate of drug-likeness (QED) is 0.424. The minimum Gasteiger partial charge on any atom is -0.370 e. The van der Waals surface area contributed by atoms with Crippen LogP contribution >= 0.6 is 0 Å². The highest BCUT2D eigenvalue weighted by Crippen LogP contribution is 2.41. The molecular weight excluding hydrogens is 437 g/mol. The molecule has 4 aromatic rings. The second-order valence-electron chi connectivity index (χ2n) is 8.67. The summed E-state index contributed by atoms with van der Waals surface area (Å²) in [4.78, 5) is 22.0. The molecule has 0 atom stereocenters. The summed E-state index contributed by atoms with van der Waals surface area (Å²) >= 11 is 0. The fourth-order valence-corrected chi connectivity index (χ4v) is 3.99. The van der Waals surface area contributed by atoms with Crippen LogP contribution in [-0.4, -0.2) is 37.4 Å². The zero-order chi connectivity index (χ0) is 23.9. The van der Waals surface area contributed by atoms with Gasteiger partial charge in [-0.25, -0.2) is 14.4 Å². The molecule has 2 N–H and O–H groups in total. The summed E-state index contributed by atoms with van der Waals surface area (Å²) in [6, 6.07) is 10.0. The van der Waals surface area contributed by atoms with E-state index in [1.807, 2.05) is 13.8 Å². The largest absolute Gasteiger partial charge is 0.370 e. The fourth-order valence-electron chi connectivity index (χ4n) is 3.99. The van der Waals surface area contributed by atoms with Gasteiger partial charge in [-0.15, -0.1) is 0 Å². The molecule has 3 aromatic heterocycles. The third kappa shape index (κ3) is 3.70.